The number of nitrogens with one attached hydrogen (secondary N) is 1. The van der Waals surface area contributed by atoms with Crippen molar-refractivity contribution in [1.29, 1.82) is 0 Å². The van der Waals surface area contributed by atoms with E-state index in [0.717, 1.165) is 24.7 Å². The SMILES string of the molecule is CS(=O)(=O)N1CCCCC1C(=O)NCC=Cc1ccccc1. The van der Waals surface area contributed by atoms with E-state index in [1.165, 1.54) is 4.31 Å². The highest BCUT2D eigenvalue weighted by Gasteiger charge is 2.33. The van der Waals surface area contributed by atoms with Crippen molar-refractivity contribution in [2.24, 2.45) is 0 Å². The van der Waals surface area contributed by atoms with Crippen LogP contribution in [0.25, 0.3) is 6.08 Å². The third-order valence-electron chi connectivity index (χ3n) is 3.69. The Morgan fingerprint density at radius 3 is 2.73 bits per heavy atom. The van der Waals surface area contributed by atoms with Gasteiger partial charge in [-0.3, -0.25) is 4.79 Å². The van der Waals surface area contributed by atoms with Gasteiger partial charge in [-0.1, -0.05) is 48.9 Å². The van der Waals surface area contributed by atoms with Crippen molar-refractivity contribution in [2.45, 2.75) is 25.3 Å². The van der Waals surface area contributed by atoms with E-state index in [1.54, 1.807) is 0 Å². The second kappa shape index (κ2) is 7.56. The Bertz CT molecular complexity index is 626. The van der Waals surface area contributed by atoms with Gasteiger partial charge in [0.05, 0.1) is 6.26 Å². The zero-order valence-corrected chi connectivity index (χ0v) is 13.6. The number of rotatable bonds is 5. The number of hydrogen-bond donors (Lipinski definition) is 1. The van der Waals surface area contributed by atoms with E-state index < -0.39 is 16.1 Å². The average Bonchev–Trinajstić information content (AvgIpc) is 2.51. The van der Waals surface area contributed by atoms with Crippen molar-refractivity contribution < 1.29 is 13.2 Å². The standard InChI is InChI=1S/C16H22N2O3S/c1-22(20,21)18-13-6-5-11-15(18)16(19)17-12-7-10-14-8-3-2-4-9-14/h2-4,7-10,15H,5-6,11-13H2,1H3,(H,17,19). The lowest BCUT2D eigenvalue weighted by atomic mass is 10.0. The van der Waals surface area contributed by atoms with Gasteiger partial charge in [0.25, 0.3) is 0 Å². The first kappa shape index (κ1) is 16.7. The monoisotopic (exact) mass is 322 g/mol. The van der Waals surface area contributed by atoms with E-state index in [4.69, 9.17) is 0 Å². The molecule has 2 rings (SSSR count). The number of piperidine rings is 1. The maximum Gasteiger partial charge on any atom is 0.238 e. The van der Waals surface area contributed by atoms with Crippen LogP contribution < -0.4 is 5.32 Å². The topological polar surface area (TPSA) is 66.5 Å². The molecule has 1 atom stereocenters. The van der Waals surface area contributed by atoms with Crippen LogP contribution in [0.15, 0.2) is 36.4 Å². The zero-order valence-electron chi connectivity index (χ0n) is 12.7. The molecule has 120 valence electrons. The highest BCUT2D eigenvalue weighted by atomic mass is 32.2. The molecule has 1 N–H and O–H groups in total. The first-order valence-electron chi connectivity index (χ1n) is 7.44. The second-order valence-corrected chi connectivity index (χ2v) is 7.38. The van der Waals surface area contributed by atoms with Gasteiger partial charge < -0.3 is 5.32 Å². The molecule has 1 amide bonds. The van der Waals surface area contributed by atoms with Gasteiger partial charge >= 0.3 is 0 Å². The fraction of sp³-hybridized carbons (Fsp3) is 0.438. The summed E-state index contributed by atoms with van der Waals surface area (Å²) in [6.45, 7) is 0.818. The lowest BCUT2D eigenvalue weighted by molar-refractivity contribution is -0.125. The number of sulfonamides is 1. The minimum atomic E-state index is -3.34. The van der Waals surface area contributed by atoms with Crippen LogP contribution in [-0.2, 0) is 14.8 Å². The van der Waals surface area contributed by atoms with E-state index in [9.17, 15) is 13.2 Å². The highest BCUT2D eigenvalue weighted by Crippen LogP contribution is 2.19. The first-order valence-corrected chi connectivity index (χ1v) is 9.29. The molecule has 1 aliphatic heterocycles. The van der Waals surface area contributed by atoms with Crippen LogP contribution in [-0.4, -0.2) is 44.0 Å². The summed E-state index contributed by atoms with van der Waals surface area (Å²) in [5, 5.41) is 2.79. The summed E-state index contributed by atoms with van der Waals surface area (Å²) in [5.41, 5.74) is 1.06. The molecule has 1 aromatic rings. The summed E-state index contributed by atoms with van der Waals surface area (Å²) in [7, 11) is -3.34. The van der Waals surface area contributed by atoms with Crippen molar-refractivity contribution in [3.8, 4) is 0 Å². The van der Waals surface area contributed by atoms with E-state index in [-0.39, 0.29) is 5.91 Å². The lowest BCUT2D eigenvalue weighted by Gasteiger charge is -2.32. The first-order chi connectivity index (χ1) is 10.5. The molecule has 6 heteroatoms. The van der Waals surface area contributed by atoms with Crippen molar-refractivity contribution in [3.05, 3.63) is 42.0 Å². The van der Waals surface area contributed by atoms with E-state index in [1.807, 2.05) is 42.5 Å². The minimum absolute atomic E-state index is 0.220. The molecular formula is C16H22N2O3S. The molecule has 1 fully saturated rings. The Hall–Kier alpha value is -1.66. The third-order valence-corrected chi connectivity index (χ3v) is 4.98. The highest BCUT2D eigenvalue weighted by molar-refractivity contribution is 7.88. The van der Waals surface area contributed by atoms with Gasteiger partial charge in [0, 0.05) is 13.1 Å². The van der Waals surface area contributed by atoms with Crippen LogP contribution in [0.1, 0.15) is 24.8 Å². The molecule has 1 unspecified atom stereocenters. The summed E-state index contributed by atoms with van der Waals surface area (Å²) in [4.78, 5) is 12.2. The Morgan fingerprint density at radius 2 is 2.05 bits per heavy atom. The lowest BCUT2D eigenvalue weighted by Crippen LogP contribution is -2.51. The number of amides is 1. The summed E-state index contributed by atoms with van der Waals surface area (Å²) in [5.74, 6) is -0.220. The van der Waals surface area contributed by atoms with Gasteiger partial charge in [-0.2, -0.15) is 4.31 Å². The van der Waals surface area contributed by atoms with Crippen LogP contribution in [0.3, 0.4) is 0 Å². The van der Waals surface area contributed by atoms with Gasteiger partial charge in [-0.05, 0) is 18.4 Å². The van der Waals surface area contributed by atoms with E-state index in [0.29, 0.717) is 19.5 Å². The zero-order chi connectivity index (χ0) is 16.0. The van der Waals surface area contributed by atoms with Crippen LogP contribution in [0.4, 0.5) is 0 Å². The minimum Gasteiger partial charge on any atom is -0.351 e. The smallest absolute Gasteiger partial charge is 0.238 e. The molecule has 0 saturated carbocycles. The molecule has 22 heavy (non-hydrogen) atoms. The largest absolute Gasteiger partial charge is 0.351 e. The predicted molar refractivity (Wildman–Crippen MR) is 87.7 cm³/mol. The maximum atomic E-state index is 12.2. The Balaban J connectivity index is 1.89. The summed E-state index contributed by atoms with van der Waals surface area (Å²) < 4.78 is 24.8. The van der Waals surface area contributed by atoms with Crippen molar-refractivity contribution >= 4 is 22.0 Å². The molecule has 0 spiro atoms. The van der Waals surface area contributed by atoms with Gasteiger partial charge in [0.2, 0.25) is 15.9 Å². The molecule has 1 heterocycles. The predicted octanol–water partition coefficient (Wildman–Crippen LogP) is 1.63. The molecule has 1 saturated heterocycles. The number of carbonyl (C=O) groups excluding carboxylic acids is 1. The molecule has 5 nitrogen and oxygen atoms in total. The van der Waals surface area contributed by atoms with E-state index >= 15 is 0 Å². The van der Waals surface area contributed by atoms with Crippen molar-refractivity contribution in [2.75, 3.05) is 19.3 Å². The van der Waals surface area contributed by atoms with Crippen molar-refractivity contribution in [1.82, 2.24) is 9.62 Å². The summed E-state index contributed by atoms with van der Waals surface area (Å²) >= 11 is 0. The normalized spacial score (nSPS) is 20.1. The molecule has 0 radical (unpaired) electrons. The fourth-order valence-electron chi connectivity index (χ4n) is 2.60. The molecular weight excluding hydrogens is 300 g/mol. The van der Waals surface area contributed by atoms with Crippen LogP contribution >= 0.6 is 0 Å². The maximum absolute atomic E-state index is 12.2. The average molecular weight is 322 g/mol. The molecule has 0 aliphatic carbocycles. The van der Waals surface area contributed by atoms with Gasteiger partial charge in [-0.25, -0.2) is 8.42 Å². The van der Waals surface area contributed by atoms with Crippen LogP contribution in [0.2, 0.25) is 0 Å². The van der Waals surface area contributed by atoms with Gasteiger partial charge in [0.1, 0.15) is 6.04 Å². The van der Waals surface area contributed by atoms with Gasteiger partial charge in [0.15, 0.2) is 0 Å². The molecule has 1 aliphatic rings. The number of nitrogens with zero attached hydrogens (tertiary/aromatic N) is 1. The van der Waals surface area contributed by atoms with Crippen LogP contribution in [0.5, 0.6) is 0 Å². The van der Waals surface area contributed by atoms with Gasteiger partial charge in [-0.15, -0.1) is 0 Å². The third kappa shape index (κ3) is 4.68. The second-order valence-electron chi connectivity index (χ2n) is 5.44. The summed E-state index contributed by atoms with van der Waals surface area (Å²) in [6, 6.07) is 9.22. The Morgan fingerprint density at radius 1 is 1.32 bits per heavy atom. The summed E-state index contributed by atoms with van der Waals surface area (Å²) in [6.07, 6.45) is 7.22. The van der Waals surface area contributed by atoms with Crippen LogP contribution in [0, 0.1) is 0 Å². The molecule has 0 aromatic heterocycles. The van der Waals surface area contributed by atoms with E-state index in [2.05, 4.69) is 5.32 Å². The number of benzene rings is 1. The quantitative estimate of drug-likeness (QED) is 0.896. The number of hydrogen-bond acceptors (Lipinski definition) is 3. The molecule has 1 aromatic carbocycles. The Labute approximate surface area is 132 Å². The Kier molecular flexibility index (Phi) is 5.74. The molecule has 0 bridgehead atoms. The fourth-order valence-corrected chi connectivity index (χ4v) is 3.72. The van der Waals surface area contributed by atoms with Crippen molar-refractivity contribution in [3.63, 3.8) is 0 Å². The number of carbonyl (C=O) groups is 1.